The van der Waals surface area contributed by atoms with E-state index in [1.54, 1.807) is 7.11 Å². The summed E-state index contributed by atoms with van der Waals surface area (Å²) in [7, 11) is 1.58. The van der Waals surface area contributed by atoms with Crippen LogP contribution in [0.3, 0.4) is 0 Å². The first-order valence-corrected chi connectivity index (χ1v) is 4.04. The second kappa shape index (κ2) is 3.36. The molecule has 1 fully saturated rings. The Kier molecular flexibility index (Phi) is 2.71. The molecule has 1 atom stereocenters. The van der Waals surface area contributed by atoms with Crippen LogP contribution >= 0.6 is 22.6 Å². The van der Waals surface area contributed by atoms with Gasteiger partial charge in [-0.2, -0.15) is 0 Å². The lowest BCUT2D eigenvalue weighted by atomic mass is 10.3. The molecule has 1 heterocycles. The van der Waals surface area contributed by atoms with Crippen LogP contribution in [-0.2, 0) is 4.84 Å². The molecule has 1 rings (SSSR count). The normalized spacial score (nSPS) is 31.3. The van der Waals surface area contributed by atoms with Crippen LogP contribution in [0.5, 0.6) is 0 Å². The van der Waals surface area contributed by atoms with Crippen LogP contribution in [0.1, 0.15) is 0 Å². The van der Waals surface area contributed by atoms with Gasteiger partial charge in [-0.05, 0) is 0 Å². The van der Waals surface area contributed by atoms with Crippen molar-refractivity contribution in [2.75, 3.05) is 20.2 Å². The van der Waals surface area contributed by atoms with E-state index in [2.05, 4.69) is 37.9 Å². The molecule has 3 nitrogen and oxygen atoms in total. The fraction of sp³-hybridized carbons (Fsp3) is 0.800. The minimum Gasteiger partial charge on any atom is -0.399 e. The van der Waals surface area contributed by atoms with E-state index >= 15 is 0 Å². The Morgan fingerprint density at radius 3 is 3.11 bits per heavy atom. The minimum absolute atomic E-state index is 0.516. The molecule has 52 valence electrons. The van der Waals surface area contributed by atoms with Crippen molar-refractivity contribution < 1.29 is 4.84 Å². The fourth-order valence-corrected chi connectivity index (χ4v) is 1.41. The molecule has 0 amide bonds. The summed E-state index contributed by atoms with van der Waals surface area (Å²) in [4.78, 5) is 4.64. The van der Waals surface area contributed by atoms with Crippen LogP contribution in [0.15, 0.2) is 5.16 Å². The maximum absolute atomic E-state index is 4.64. The van der Waals surface area contributed by atoms with Crippen molar-refractivity contribution in [3.05, 3.63) is 0 Å². The van der Waals surface area contributed by atoms with Gasteiger partial charge in [0, 0.05) is 13.1 Å². The SMILES string of the molecule is CO/N=C1\CNCC1I. The van der Waals surface area contributed by atoms with Crippen LogP contribution in [0, 0.1) is 0 Å². The Bertz CT molecular complexity index is 126. The summed E-state index contributed by atoms with van der Waals surface area (Å²) in [5.41, 5.74) is 1.11. The molecule has 1 aliphatic rings. The van der Waals surface area contributed by atoms with Crippen molar-refractivity contribution >= 4 is 28.3 Å². The molecule has 0 radical (unpaired) electrons. The summed E-state index contributed by atoms with van der Waals surface area (Å²) in [6, 6.07) is 0. The van der Waals surface area contributed by atoms with E-state index in [4.69, 9.17) is 0 Å². The molecule has 0 aromatic rings. The number of hydrogen-bond acceptors (Lipinski definition) is 3. The summed E-state index contributed by atoms with van der Waals surface area (Å²) in [6.07, 6.45) is 0. The lowest BCUT2D eigenvalue weighted by molar-refractivity contribution is 0.213. The zero-order valence-corrected chi connectivity index (χ0v) is 7.38. The molecule has 1 aliphatic heterocycles. The molecule has 1 N–H and O–H groups in total. The lowest BCUT2D eigenvalue weighted by Gasteiger charge is -1.96. The van der Waals surface area contributed by atoms with Crippen LogP contribution < -0.4 is 5.32 Å². The average Bonchev–Trinajstić information content (AvgIpc) is 2.18. The van der Waals surface area contributed by atoms with Crippen LogP contribution in [0.25, 0.3) is 0 Å². The first kappa shape index (κ1) is 7.27. The monoisotopic (exact) mass is 240 g/mol. The largest absolute Gasteiger partial charge is 0.399 e. The number of nitrogens with zero attached hydrogens (tertiary/aromatic N) is 1. The summed E-state index contributed by atoms with van der Waals surface area (Å²) in [6.45, 7) is 1.89. The first-order chi connectivity index (χ1) is 4.34. The topological polar surface area (TPSA) is 33.6 Å². The molecule has 4 heteroatoms. The van der Waals surface area contributed by atoms with E-state index in [1.807, 2.05) is 0 Å². The van der Waals surface area contributed by atoms with Crippen molar-refractivity contribution in [3.63, 3.8) is 0 Å². The van der Waals surface area contributed by atoms with Gasteiger partial charge in [0.2, 0.25) is 0 Å². The predicted molar refractivity (Wildman–Crippen MR) is 45.1 cm³/mol. The van der Waals surface area contributed by atoms with Crippen molar-refractivity contribution in [1.29, 1.82) is 0 Å². The van der Waals surface area contributed by atoms with Crippen molar-refractivity contribution in [1.82, 2.24) is 5.32 Å². The van der Waals surface area contributed by atoms with Gasteiger partial charge in [0.05, 0.1) is 9.64 Å². The third-order valence-electron chi connectivity index (χ3n) is 1.20. The zero-order chi connectivity index (χ0) is 6.69. The van der Waals surface area contributed by atoms with Crippen molar-refractivity contribution in [2.24, 2.45) is 5.16 Å². The van der Waals surface area contributed by atoms with E-state index in [1.165, 1.54) is 0 Å². The Morgan fingerprint density at radius 1 is 1.89 bits per heavy atom. The van der Waals surface area contributed by atoms with E-state index in [0.29, 0.717) is 3.92 Å². The molecule has 0 aliphatic carbocycles. The van der Waals surface area contributed by atoms with Crippen LogP contribution in [0.4, 0.5) is 0 Å². The minimum atomic E-state index is 0.516. The van der Waals surface area contributed by atoms with Crippen LogP contribution in [-0.4, -0.2) is 29.8 Å². The standard InChI is InChI=1S/C5H9IN2O/c1-9-8-5-3-7-2-4(5)6/h4,7H,2-3H2,1H3/b8-5+. The Labute approximate surface area is 68.0 Å². The molecule has 9 heavy (non-hydrogen) atoms. The highest BCUT2D eigenvalue weighted by molar-refractivity contribution is 14.1. The predicted octanol–water partition coefficient (Wildman–Crippen LogP) is 0.396. The van der Waals surface area contributed by atoms with Gasteiger partial charge >= 0.3 is 0 Å². The average molecular weight is 240 g/mol. The van der Waals surface area contributed by atoms with Gasteiger partial charge < -0.3 is 10.2 Å². The fourth-order valence-electron chi connectivity index (χ4n) is 0.762. The molecule has 0 saturated carbocycles. The second-order valence-corrected chi connectivity index (χ2v) is 3.37. The van der Waals surface area contributed by atoms with Gasteiger partial charge in [-0.25, -0.2) is 0 Å². The van der Waals surface area contributed by atoms with Gasteiger partial charge in [-0.15, -0.1) is 0 Å². The Morgan fingerprint density at radius 2 is 2.67 bits per heavy atom. The first-order valence-electron chi connectivity index (χ1n) is 2.79. The van der Waals surface area contributed by atoms with Gasteiger partial charge in [0.15, 0.2) is 0 Å². The van der Waals surface area contributed by atoms with Gasteiger partial charge in [-0.3, -0.25) is 0 Å². The molecular weight excluding hydrogens is 231 g/mol. The van der Waals surface area contributed by atoms with Gasteiger partial charge in [-0.1, -0.05) is 27.7 Å². The molecule has 0 bridgehead atoms. The summed E-state index contributed by atoms with van der Waals surface area (Å²) in [5.74, 6) is 0. The lowest BCUT2D eigenvalue weighted by Crippen LogP contribution is -2.09. The smallest absolute Gasteiger partial charge is 0.106 e. The number of oxime groups is 1. The van der Waals surface area contributed by atoms with E-state index in [9.17, 15) is 0 Å². The van der Waals surface area contributed by atoms with E-state index in [0.717, 1.165) is 18.8 Å². The van der Waals surface area contributed by atoms with Crippen molar-refractivity contribution in [2.45, 2.75) is 3.92 Å². The Balaban J connectivity index is 2.48. The number of nitrogens with one attached hydrogen (secondary N) is 1. The number of alkyl halides is 1. The molecule has 0 aromatic carbocycles. The quantitative estimate of drug-likeness (QED) is 0.409. The molecule has 0 spiro atoms. The van der Waals surface area contributed by atoms with Crippen molar-refractivity contribution in [3.8, 4) is 0 Å². The number of halogens is 1. The molecule has 1 unspecified atom stereocenters. The highest BCUT2D eigenvalue weighted by Crippen LogP contribution is 2.06. The number of rotatable bonds is 1. The van der Waals surface area contributed by atoms with Gasteiger partial charge in [0.1, 0.15) is 7.11 Å². The van der Waals surface area contributed by atoms with Gasteiger partial charge in [0.25, 0.3) is 0 Å². The maximum atomic E-state index is 4.64. The summed E-state index contributed by atoms with van der Waals surface area (Å²) < 4.78 is 0.516. The highest BCUT2D eigenvalue weighted by atomic mass is 127. The second-order valence-electron chi connectivity index (χ2n) is 1.86. The van der Waals surface area contributed by atoms with E-state index < -0.39 is 0 Å². The molecule has 1 saturated heterocycles. The molecular formula is C5H9IN2O. The third-order valence-corrected chi connectivity index (χ3v) is 2.36. The number of hydrogen-bond donors (Lipinski definition) is 1. The summed E-state index contributed by atoms with van der Waals surface area (Å²) >= 11 is 2.34. The third kappa shape index (κ3) is 1.79. The zero-order valence-electron chi connectivity index (χ0n) is 5.22. The summed E-state index contributed by atoms with van der Waals surface area (Å²) in [5, 5.41) is 7.04. The Hall–Kier alpha value is 0.160. The maximum Gasteiger partial charge on any atom is 0.106 e. The highest BCUT2D eigenvalue weighted by Gasteiger charge is 2.18. The van der Waals surface area contributed by atoms with Crippen LogP contribution in [0.2, 0.25) is 0 Å². The van der Waals surface area contributed by atoms with E-state index in [-0.39, 0.29) is 0 Å². The molecule has 0 aromatic heterocycles.